The molecule has 6 heteroatoms. The maximum atomic E-state index is 13.6. The highest BCUT2D eigenvalue weighted by atomic mass is 79.9. The number of hydrogen-bond acceptors (Lipinski definition) is 4. The Balaban J connectivity index is 2.50. The maximum absolute atomic E-state index is 13.6. The standard InChI is InChI=1S/C14H11BrFN3O/c1-20-13-4-2-3-8(7-17)14(13)19-12-6-10(16)9(15)5-11(12)18/h2-6,19H,18H2,1H3. The molecule has 0 heterocycles. The van der Waals surface area contributed by atoms with Gasteiger partial charge in [0.1, 0.15) is 17.6 Å². The Bertz CT molecular complexity index is 698. The number of rotatable bonds is 3. The van der Waals surface area contributed by atoms with Gasteiger partial charge >= 0.3 is 0 Å². The van der Waals surface area contributed by atoms with Crippen LogP contribution in [0.2, 0.25) is 0 Å². The highest BCUT2D eigenvalue weighted by Crippen LogP contribution is 2.34. The summed E-state index contributed by atoms with van der Waals surface area (Å²) in [4.78, 5) is 0. The van der Waals surface area contributed by atoms with Crippen molar-refractivity contribution in [3.05, 3.63) is 46.2 Å². The number of nitrogens with one attached hydrogen (secondary N) is 1. The monoisotopic (exact) mass is 335 g/mol. The number of ether oxygens (including phenoxy) is 1. The molecule has 0 saturated heterocycles. The van der Waals surface area contributed by atoms with Crippen LogP contribution in [0, 0.1) is 17.1 Å². The van der Waals surface area contributed by atoms with E-state index < -0.39 is 5.82 Å². The fraction of sp³-hybridized carbons (Fsp3) is 0.0714. The van der Waals surface area contributed by atoms with Gasteiger partial charge in [0.15, 0.2) is 0 Å². The fourth-order valence-electron chi connectivity index (χ4n) is 1.73. The van der Waals surface area contributed by atoms with Crippen molar-refractivity contribution in [2.24, 2.45) is 0 Å². The molecule has 0 saturated carbocycles. The number of hydrogen-bond donors (Lipinski definition) is 2. The van der Waals surface area contributed by atoms with Crippen molar-refractivity contribution in [2.75, 3.05) is 18.2 Å². The van der Waals surface area contributed by atoms with Gasteiger partial charge in [-0.15, -0.1) is 0 Å². The lowest BCUT2D eigenvalue weighted by molar-refractivity contribution is 0.416. The van der Waals surface area contributed by atoms with Crippen molar-refractivity contribution in [3.8, 4) is 11.8 Å². The predicted octanol–water partition coefficient (Wildman–Crippen LogP) is 3.79. The van der Waals surface area contributed by atoms with Crippen molar-refractivity contribution in [2.45, 2.75) is 0 Å². The molecule has 4 nitrogen and oxygen atoms in total. The summed E-state index contributed by atoms with van der Waals surface area (Å²) in [7, 11) is 1.49. The second-order valence-electron chi connectivity index (χ2n) is 3.97. The van der Waals surface area contributed by atoms with Crippen LogP contribution in [-0.4, -0.2) is 7.11 Å². The Morgan fingerprint density at radius 2 is 2.15 bits per heavy atom. The minimum atomic E-state index is -0.449. The number of anilines is 3. The van der Waals surface area contributed by atoms with Gasteiger partial charge in [-0.2, -0.15) is 5.26 Å². The topological polar surface area (TPSA) is 71.1 Å². The molecular weight excluding hydrogens is 325 g/mol. The van der Waals surface area contributed by atoms with Gasteiger partial charge < -0.3 is 15.8 Å². The van der Waals surface area contributed by atoms with Crippen LogP contribution in [0.15, 0.2) is 34.8 Å². The second-order valence-corrected chi connectivity index (χ2v) is 4.83. The molecule has 0 amide bonds. The molecule has 0 aromatic heterocycles. The van der Waals surface area contributed by atoms with E-state index in [0.29, 0.717) is 28.4 Å². The number of nitriles is 1. The van der Waals surface area contributed by atoms with Crippen LogP contribution < -0.4 is 15.8 Å². The molecule has 0 atom stereocenters. The number of halogens is 2. The first kappa shape index (κ1) is 14.2. The van der Waals surface area contributed by atoms with Gasteiger partial charge in [-0.25, -0.2) is 4.39 Å². The Morgan fingerprint density at radius 3 is 2.80 bits per heavy atom. The molecule has 0 fully saturated rings. The molecule has 2 rings (SSSR count). The lowest BCUT2D eigenvalue weighted by Gasteiger charge is -2.14. The quantitative estimate of drug-likeness (QED) is 0.837. The molecule has 2 aromatic carbocycles. The third-order valence-electron chi connectivity index (χ3n) is 2.72. The Hall–Kier alpha value is -2.26. The Labute approximate surface area is 124 Å². The lowest BCUT2D eigenvalue weighted by Crippen LogP contribution is -2.01. The molecule has 0 radical (unpaired) electrons. The average Bonchev–Trinajstić information content (AvgIpc) is 2.44. The predicted molar refractivity (Wildman–Crippen MR) is 79.5 cm³/mol. The van der Waals surface area contributed by atoms with E-state index in [9.17, 15) is 4.39 Å². The summed E-state index contributed by atoms with van der Waals surface area (Å²) in [5, 5.41) is 12.1. The van der Waals surface area contributed by atoms with Crippen molar-refractivity contribution >= 4 is 33.0 Å². The van der Waals surface area contributed by atoms with Crippen molar-refractivity contribution in [1.29, 1.82) is 5.26 Å². The van der Waals surface area contributed by atoms with Gasteiger partial charge in [-0.05, 0) is 34.1 Å². The van der Waals surface area contributed by atoms with Gasteiger partial charge in [0, 0.05) is 6.07 Å². The fourth-order valence-corrected chi connectivity index (χ4v) is 2.09. The summed E-state index contributed by atoms with van der Waals surface area (Å²) in [6.07, 6.45) is 0. The maximum Gasteiger partial charge on any atom is 0.143 e. The first-order chi connectivity index (χ1) is 9.56. The smallest absolute Gasteiger partial charge is 0.143 e. The van der Waals surface area contributed by atoms with E-state index in [1.54, 1.807) is 18.2 Å². The molecule has 0 aliphatic heterocycles. The van der Waals surface area contributed by atoms with Crippen LogP contribution in [0.4, 0.5) is 21.5 Å². The van der Waals surface area contributed by atoms with E-state index in [-0.39, 0.29) is 4.47 Å². The van der Waals surface area contributed by atoms with Gasteiger partial charge in [0.2, 0.25) is 0 Å². The molecule has 20 heavy (non-hydrogen) atoms. The zero-order valence-corrected chi connectivity index (χ0v) is 12.2. The number of methoxy groups -OCH3 is 1. The summed E-state index contributed by atoms with van der Waals surface area (Å²) in [5.41, 5.74) is 7.39. The molecule has 2 aromatic rings. The summed E-state index contributed by atoms with van der Waals surface area (Å²) >= 11 is 3.06. The van der Waals surface area contributed by atoms with Crippen LogP contribution in [0.25, 0.3) is 0 Å². The molecule has 0 aliphatic rings. The van der Waals surface area contributed by atoms with Crippen molar-refractivity contribution in [3.63, 3.8) is 0 Å². The van der Waals surface area contributed by atoms with Gasteiger partial charge in [0.05, 0.1) is 34.2 Å². The van der Waals surface area contributed by atoms with E-state index >= 15 is 0 Å². The molecule has 102 valence electrons. The Morgan fingerprint density at radius 1 is 1.40 bits per heavy atom. The third-order valence-corrected chi connectivity index (χ3v) is 3.33. The van der Waals surface area contributed by atoms with Crippen LogP contribution in [-0.2, 0) is 0 Å². The molecule has 0 spiro atoms. The van der Waals surface area contributed by atoms with E-state index in [2.05, 4.69) is 21.2 Å². The molecular formula is C14H11BrFN3O. The Kier molecular flexibility index (Phi) is 4.11. The first-order valence-corrected chi connectivity index (χ1v) is 6.44. The zero-order chi connectivity index (χ0) is 14.7. The number of benzene rings is 2. The summed E-state index contributed by atoms with van der Waals surface area (Å²) < 4.78 is 19.1. The van der Waals surface area contributed by atoms with Gasteiger partial charge in [-0.3, -0.25) is 0 Å². The second kappa shape index (κ2) is 5.80. The van der Waals surface area contributed by atoms with Crippen molar-refractivity contribution in [1.82, 2.24) is 0 Å². The normalized spacial score (nSPS) is 9.90. The number of nitrogen functional groups attached to an aromatic ring is 1. The summed E-state index contributed by atoms with van der Waals surface area (Å²) in [5.74, 6) is 0.0295. The highest BCUT2D eigenvalue weighted by molar-refractivity contribution is 9.10. The molecule has 3 N–H and O–H groups in total. The van der Waals surface area contributed by atoms with Crippen LogP contribution in [0.1, 0.15) is 5.56 Å². The zero-order valence-electron chi connectivity index (χ0n) is 10.6. The largest absolute Gasteiger partial charge is 0.495 e. The van der Waals surface area contributed by atoms with Crippen molar-refractivity contribution < 1.29 is 9.13 Å². The lowest BCUT2D eigenvalue weighted by atomic mass is 10.1. The first-order valence-electron chi connectivity index (χ1n) is 5.65. The number of para-hydroxylation sites is 1. The molecule has 0 aliphatic carbocycles. The molecule has 0 bridgehead atoms. The van der Waals surface area contributed by atoms with E-state index in [0.717, 1.165) is 0 Å². The minimum Gasteiger partial charge on any atom is -0.495 e. The summed E-state index contributed by atoms with van der Waals surface area (Å²) in [6, 6.07) is 9.80. The van der Waals surface area contributed by atoms with E-state index in [1.807, 2.05) is 6.07 Å². The number of nitrogens with zero attached hydrogens (tertiary/aromatic N) is 1. The average molecular weight is 336 g/mol. The number of nitrogens with two attached hydrogens (primary N) is 1. The van der Waals surface area contributed by atoms with Crippen LogP contribution >= 0.6 is 15.9 Å². The van der Waals surface area contributed by atoms with E-state index in [4.69, 9.17) is 15.7 Å². The third kappa shape index (κ3) is 2.68. The summed E-state index contributed by atoms with van der Waals surface area (Å²) in [6.45, 7) is 0. The highest BCUT2D eigenvalue weighted by Gasteiger charge is 2.12. The van der Waals surface area contributed by atoms with Crippen LogP contribution in [0.5, 0.6) is 5.75 Å². The van der Waals surface area contributed by atoms with Crippen LogP contribution in [0.3, 0.4) is 0 Å². The van der Waals surface area contributed by atoms with Gasteiger partial charge in [0.25, 0.3) is 0 Å². The molecule has 0 unspecified atom stereocenters. The SMILES string of the molecule is COc1cccc(C#N)c1Nc1cc(F)c(Br)cc1N. The minimum absolute atomic E-state index is 0.279. The van der Waals surface area contributed by atoms with Gasteiger partial charge in [-0.1, -0.05) is 6.07 Å². The van der Waals surface area contributed by atoms with E-state index in [1.165, 1.54) is 19.2 Å².